The van der Waals surface area contributed by atoms with E-state index >= 15 is 0 Å². The van der Waals surface area contributed by atoms with Crippen LogP contribution in [0.25, 0.3) is 0 Å². The van der Waals surface area contributed by atoms with E-state index in [2.05, 4.69) is 24.0 Å². The molecule has 1 nitrogen and oxygen atoms in total. The monoisotopic (exact) mass is 216 g/mol. The van der Waals surface area contributed by atoms with Crippen LogP contribution in [0.4, 0.5) is 0 Å². The van der Waals surface area contributed by atoms with Crippen molar-refractivity contribution in [3.8, 4) is 11.8 Å². The molecular weight excluding hydrogens is 196 g/mol. The Morgan fingerprint density at radius 2 is 1.88 bits per heavy atom. The summed E-state index contributed by atoms with van der Waals surface area (Å²) >= 11 is 0. The lowest BCUT2D eigenvalue weighted by atomic mass is 9.84. The molecule has 0 radical (unpaired) electrons. The Morgan fingerprint density at radius 3 is 2.50 bits per heavy atom. The maximum Gasteiger partial charge on any atom is 0.125 e. The van der Waals surface area contributed by atoms with Gasteiger partial charge in [0.15, 0.2) is 0 Å². The maximum atomic E-state index is 10.3. The number of allylic oxidation sites excluding steroid dienone is 2. The van der Waals surface area contributed by atoms with Gasteiger partial charge in [0, 0.05) is 5.92 Å². The highest BCUT2D eigenvalue weighted by Gasteiger charge is 2.35. The van der Waals surface area contributed by atoms with Gasteiger partial charge in [-0.2, -0.15) is 0 Å². The lowest BCUT2D eigenvalue weighted by Gasteiger charge is -2.27. The van der Waals surface area contributed by atoms with Gasteiger partial charge in [-0.15, -0.1) is 0 Å². The molecule has 0 aromatic heterocycles. The van der Waals surface area contributed by atoms with Crippen LogP contribution in [0.15, 0.2) is 12.2 Å². The second-order valence-electron chi connectivity index (χ2n) is 5.75. The van der Waals surface area contributed by atoms with Gasteiger partial charge in [-0.05, 0) is 50.4 Å². The highest BCUT2D eigenvalue weighted by atomic mass is 16.3. The zero-order valence-corrected chi connectivity index (χ0v) is 9.78. The average Bonchev–Trinajstić information content (AvgIpc) is 2.89. The van der Waals surface area contributed by atoms with Crippen LogP contribution >= 0.6 is 0 Å². The summed E-state index contributed by atoms with van der Waals surface area (Å²) in [6, 6.07) is 0. The summed E-state index contributed by atoms with van der Waals surface area (Å²) in [7, 11) is 0. The van der Waals surface area contributed by atoms with E-state index in [4.69, 9.17) is 0 Å². The fourth-order valence-corrected chi connectivity index (χ4v) is 3.44. The van der Waals surface area contributed by atoms with Crippen molar-refractivity contribution in [3.63, 3.8) is 0 Å². The molecule has 0 aromatic rings. The summed E-state index contributed by atoms with van der Waals surface area (Å²) < 4.78 is 0. The normalized spacial score (nSPS) is 39.4. The molecule has 3 rings (SSSR count). The molecule has 0 aromatic carbocycles. The third-order valence-electron chi connectivity index (χ3n) is 4.45. The third-order valence-corrected chi connectivity index (χ3v) is 4.45. The molecule has 0 unspecified atom stereocenters. The Morgan fingerprint density at radius 1 is 1.06 bits per heavy atom. The van der Waals surface area contributed by atoms with Gasteiger partial charge in [0.1, 0.15) is 5.60 Å². The van der Waals surface area contributed by atoms with Crippen molar-refractivity contribution >= 4 is 0 Å². The first-order valence-corrected chi connectivity index (χ1v) is 6.69. The Balaban J connectivity index is 1.68. The molecule has 0 saturated heterocycles. The molecule has 0 heterocycles. The predicted octanol–water partition coefficient (Wildman–Crippen LogP) is 2.90. The summed E-state index contributed by atoms with van der Waals surface area (Å²) in [4.78, 5) is 0. The number of hydrogen-bond acceptors (Lipinski definition) is 1. The minimum atomic E-state index is -0.649. The van der Waals surface area contributed by atoms with E-state index in [1.165, 1.54) is 19.3 Å². The van der Waals surface area contributed by atoms with Crippen molar-refractivity contribution in [2.45, 2.75) is 50.5 Å². The number of hydrogen-bond donors (Lipinski definition) is 1. The van der Waals surface area contributed by atoms with Gasteiger partial charge >= 0.3 is 0 Å². The Kier molecular flexibility index (Phi) is 2.56. The molecule has 0 aliphatic heterocycles. The predicted molar refractivity (Wildman–Crippen MR) is 64.7 cm³/mol. The summed E-state index contributed by atoms with van der Waals surface area (Å²) in [6.45, 7) is 0. The van der Waals surface area contributed by atoms with E-state index in [-0.39, 0.29) is 0 Å². The second-order valence-corrected chi connectivity index (χ2v) is 5.75. The van der Waals surface area contributed by atoms with E-state index in [1.54, 1.807) is 0 Å². The van der Waals surface area contributed by atoms with Crippen LogP contribution in [0, 0.1) is 29.6 Å². The van der Waals surface area contributed by atoms with Gasteiger partial charge in [-0.25, -0.2) is 0 Å². The highest BCUT2D eigenvalue weighted by Crippen LogP contribution is 2.43. The van der Waals surface area contributed by atoms with Gasteiger partial charge in [0.2, 0.25) is 0 Å². The molecule has 0 amide bonds. The van der Waals surface area contributed by atoms with Crippen molar-refractivity contribution in [1.29, 1.82) is 0 Å². The number of rotatable bonds is 0. The first kappa shape index (κ1) is 10.4. The summed E-state index contributed by atoms with van der Waals surface area (Å²) in [5.74, 6) is 8.56. The van der Waals surface area contributed by atoms with Gasteiger partial charge in [-0.3, -0.25) is 0 Å². The summed E-state index contributed by atoms with van der Waals surface area (Å²) in [5.41, 5.74) is -0.649. The fourth-order valence-electron chi connectivity index (χ4n) is 3.44. The van der Waals surface area contributed by atoms with Crippen LogP contribution in [-0.2, 0) is 0 Å². The van der Waals surface area contributed by atoms with Crippen LogP contribution in [0.1, 0.15) is 44.9 Å². The van der Waals surface area contributed by atoms with Crippen molar-refractivity contribution in [2.75, 3.05) is 0 Å². The van der Waals surface area contributed by atoms with E-state index < -0.39 is 5.60 Å². The van der Waals surface area contributed by atoms with E-state index in [0.29, 0.717) is 11.8 Å². The Hall–Kier alpha value is -0.740. The van der Waals surface area contributed by atoms with Crippen LogP contribution in [-0.4, -0.2) is 10.7 Å². The van der Waals surface area contributed by atoms with E-state index in [1.807, 2.05) is 0 Å². The minimum absolute atomic E-state index is 0.529. The van der Waals surface area contributed by atoms with Gasteiger partial charge in [0.25, 0.3) is 0 Å². The highest BCUT2D eigenvalue weighted by molar-refractivity contribution is 5.23. The summed E-state index contributed by atoms with van der Waals surface area (Å²) in [5, 5.41) is 10.3. The quantitative estimate of drug-likeness (QED) is 0.487. The number of fused-ring (bicyclic) bond motifs is 2. The molecule has 1 N–H and O–H groups in total. The molecule has 1 heteroatoms. The van der Waals surface area contributed by atoms with Crippen molar-refractivity contribution in [3.05, 3.63) is 12.2 Å². The average molecular weight is 216 g/mol. The molecule has 3 aliphatic rings. The van der Waals surface area contributed by atoms with Crippen molar-refractivity contribution < 1.29 is 5.11 Å². The standard InChI is InChI=1S/C15H20O/c16-15(7-2-1-3-8-15)9-6-14-11-12-4-5-13(14)10-12/h4-5,12-14,16H,1-3,7-8,10-11H2/t12-,13+,14+/m1/s1. The molecular formula is C15H20O. The van der Waals surface area contributed by atoms with Crippen molar-refractivity contribution in [2.24, 2.45) is 17.8 Å². The topological polar surface area (TPSA) is 20.2 Å². The lowest BCUT2D eigenvalue weighted by molar-refractivity contribution is 0.0607. The maximum absolute atomic E-state index is 10.3. The van der Waals surface area contributed by atoms with Gasteiger partial charge in [-0.1, -0.05) is 30.4 Å². The largest absolute Gasteiger partial charge is 0.378 e. The fraction of sp³-hybridized carbons (Fsp3) is 0.733. The van der Waals surface area contributed by atoms with E-state index in [0.717, 1.165) is 31.6 Å². The van der Waals surface area contributed by atoms with Crippen LogP contribution in [0.3, 0.4) is 0 Å². The molecule has 86 valence electrons. The van der Waals surface area contributed by atoms with Crippen LogP contribution in [0.2, 0.25) is 0 Å². The SMILES string of the molecule is OC1(C#C[C@H]2C[C@@H]3C=C[C@H]2C3)CCCCC1. The Labute approximate surface area is 97.9 Å². The third kappa shape index (κ3) is 1.92. The second kappa shape index (κ2) is 3.93. The zero-order chi connectivity index (χ0) is 11.0. The molecule has 2 fully saturated rings. The molecule has 3 aliphatic carbocycles. The first-order chi connectivity index (χ1) is 7.75. The minimum Gasteiger partial charge on any atom is -0.378 e. The smallest absolute Gasteiger partial charge is 0.125 e. The van der Waals surface area contributed by atoms with E-state index in [9.17, 15) is 5.11 Å². The molecule has 0 spiro atoms. The van der Waals surface area contributed by atoms with Gasteiger partial charge < -0.3 is 5.11 Å². The Bertz CT molecular complexity index is 351. The molecule has 2 bridgehead atoms. The van der Waals surface area contributed by atoms with Gasteiger partial charge in [0.05, 0.1) is 0 Å². The molecule has 16 heavy (non-hydrogen) atoms. The first-order valence-electron chi connectivity index (χ1n) is 6.69. The zero-order valence-electron chi connectivity index (χ0n) is 9.78. The summed E-state index contributed by atoms with van der Waals surface area (Å²) in [6.07, 6.45) is 12.5. The molecule has 2 saturated carbocycles. The van der Waals surface area contributed by atoms with Crippen LogP contribution < -0.4 is 0 Å². The lowest BCUT2D eigenvalue weighted by Crippen LogP contribution is -2.29. The van der Waals surface area contributed by atoms with Crippen molar-refractivity contribution in [1.82, 2.24) is 0 Å². The number of aliphatic hydroxyl groups is 1. The molecule has 3 atom stereocenters. The van der Waals surface area contributed by atoms with Crippen LogP contribution in [0.5, 0.6) is 0 Å².